The van der Waals surface area contributed by atoms with Crippen LogP contribution in [-0.2, 0) is 5.41 Å². The van der Waals surface area contributed by atoms with E-state index in [4.69, 9.17) is 9.47 Å². The van der Waals surface area contributed by atoms with Crippen molar-refractivity contribution in [2.24, 2.45) is 0 Å². The number of rotatable bonds is 6. The molecule has 0 aliphatic carbocycles. The van der Waals surface area contributed by atoms with Crippen molar-refractivity contribution in [3.8, 4) is 11.5 Å². The van der Waals surface area contributed by atoms with Gasteiger partial charge < -0.3 is 9.47 Å². The fourth-order valence-electron chi connectivity index (χ4n) is 2.38. The minimum atomic E-state index is 0.0218. The Morgan fingerprint density at radius 2 is 1.61 bits per heavy atom. The van der Waals surface area contributed by atoms with Crippen LogP contribution in [0.25, 0.3) is 0 Å². The van der Waals surface area contributed by atoms with Gasteiger partial charge >= 0.3 is 0 Å². The minimum Gasteiger partial charge on any atom is -0.490 e. The molecule has 0 fully saturated rings. The highest BCUT2D eigenvalue weighted by atomic mass is 16.5. The molecular weight excluding hydrogens is 288 g/mol. The molecule has 0 saturated carbocycles. The molecule has 0 amide bonds. The Bertz CT molecular complexity index is 669. The van der Waals surface area contributed by atoms with Gasteiger partial charge in [0, 0.05) is 0 Å². The highest BCUT2D eigenvalue weighted by Gasteiger charge is 2.18. The highest BCUT2D eigenvalue weighted by molar-refractivity contribution is 5.79. The first-order chi connectivity index (χ1) is 10.9. The van der Waals surface area contributed by atoms with E-state index in [-0.39, 0.29) is 5.41 Å². The third-order valence-corrected chi connectivity index (χ3v) is 3.59. The van der Waals surface area contributed by atoms with Gasteiger partial charge in [0.2, 0.25) is 0 Å². The molecule has 0 aliphatic rings. The van der Waals surface area contributed by atoms with E-state index >= 15 is 0 Å². The quantitative estimate of drug-likeness (QED) is 0.579. The number of para-hydroxylation sites is 1. The number of carbonyl (C=O) groups excluding carboxylic acids is 1. The summed E-state index contributed by atoms with van der Waals surface area (Å²) in [6.07, 6.45) is 0.800. The van der Waals surface area contributed by atoms with Gasteiger partial charge in [-0.2, -0.15) is 0 Å². The lowest BCUT2D eigenvalue weighted by atomic mass is 9.86. The van der Waals surface area contributed by atoms with Crippen LogP contribution in [0.4, 0.5) is 0 Å². The lowest BCUT2D eigenvalue weighted by Crippen LogP contribution is -2.16. The van der Waals surface area contributed by atoms with Crippen molar-refractivity contribution in [2.45, 2.75) is 33.1 Å². The van der Waals surface area contributed by atoms with Crippen molar-refractivity contribution >= 4 is 6.29 Å². The zero-order valence-corrected chi connectivity index (χ0v) is 14.3. The third-order valence-electron chi connectivity index (χ3n) is 3.59. The number of carbonyl (C=O) groups is 1. The monoisotopic (exact) mass is 312 g/mol. The summed E-state index contributed by atoms with van der Waals surface area (Å²) in [4.78, 5) is 11.0. The summed E-state index contributed by atoms with van der Waals surface area (Å²) in [7, 11) is 0. The molecule has 3 nitrogen and oxygen atoms in total. The third kappa shape index (κ3) is 4.59. The Balaban J connectivity index is 1.99. The van der Waals surface area contributed by atoms with Crippen LogP contribution < -0.4 is 9.47 Å². The SMILES string of the molecule is Cc1ccc(C(C)(C)C)c(OCCOc2ccccc2C=O)c1. The lowest BCUT2D eigenvalue weighted by Gasteiger charge is -2.23. The van der Waals surface area contributed by atoms with Gasteiger partial charge in [-0.25, -0.2) is 0 Å². The van der Waals surface area contributed by atoms with Gasteiger partial charge in [0.15, 0.2) is 6.29 Å². The zero-order chi connectivity index (χ0) is 16.9. The molecule has 0 aromatic heterocycles. The van der Waals surface area contributed by atoms with E-state index in [1.807, 2.05) is 12.1 Å². The Kier molecular flexibility index (Phi) is 5.43. The maximum Gasteiger partial charge on any atom is 0.153 e. The van der Waals surface area contributed by atoms with E-state index in [0.29, 0.717) is 24.5 Å². The molecule has 2 rings (SSSR count). The Morgan fingerprint density at radius 3 is 2.26 bits per heavy atom. The summed E-state index contributed by atoms with van der Waals surface area (Å²) in [5, 5.41) is 0. The van der Waals surface area contributed by atoms with Crippen LogP contribution >= 0.6 is 0 Å². The molecule has 0 spiro atoms. The van der Waals surface area contributed by atoms with E-state index < -0.39 is 0 Å². The summed E-state index contributed by atoms with van der Waals surface area (Å²) >= 11 is 0. The maximum absolute atomic E-state index is 11.0. The molecule has 0 saturated heterocycles. The minimum absolute atomic E-state index is 0.0218. The van der Waals surface area contributed by atoms with Gasteiger partial charge in [-0.05, 0) is 41.7 Å². The first-order valence-electron chi connectivity index (χ1n) is 7.83. The fraction of sp³-hybridized carbons (Fsp3) is 0.350. The predicted molar refractivity (Wildman–Crippen MR) is 92.7 cm³/mol. The van der Waals surface area contributed by atoms with Crippen molar-refractivity contribution in [3.63, 3.8) is 0 Å². The number of aryl methyl sites for hydroxylation is 1. The average Bonchev–Trinajstić information content (AvgIpc) is 2.50. The number of hydrogen-bond acceptors (Lipinski definition) is 3. The van der Waals surface area contributed by atoms with Gasteiger partial charge in [-0.15, -0.1) is 0 Å². The first kappa shape index (κ1) is 17.1. The van der Waals surface area contributed by atoms with Crippen LogP contribution in [0, 0.1) is 6.92 Å². The van der Waals surface area contributed by atoms with E-state index in [1.165, 1.54) is 11.1 Å². The van der Waals surface area contributed by atoms with Crippen molar-refractivity contribution < 1.29 is 14.3 Å². The van der Waals surface area contributed by atoms with E-state index in [9.17, 15) is 4.79 Å². The molecule has 0 atom stereocenters. The van der Waals surface area contributed by atoms with Gasteiger partial charge in [-0.3, -0.25) is 4.79 Å². The number of ether oxygens (including phenoxy) is 2. The Labute approximate surface area is 138 Å². The summed E-state index contributed by atoms with van der Waals surface area (Å²) in [6, 6.07) is 13.5. The average molecular weight is 312 g/mol. The second-order valence-corrected chi connectivity index (χ2v) is 6.60. The lowest BCUT2D eigenvalue weighted by molar-refractivity contribution is 0.111. The highest BCUT2D eigenvalue weighted by Crippen LogP contribution is 2.32. The molecule has 0 aliphatic heterocycles. The van der Waals surface area contributed by atoms with E-state index in [1.54, 1.807) is 12.1 Å². The molecule has 0 heterocycles. The zero-order valence-electron chi connectivity index (χ0n) is 14.3. The molecule has 0 N–H and O–H groups in total. The van der Waals surface area contributed by atoms with Crippen LogP contribution in [-0.4, -0.2) is 19.5 Å². The Morgan fingerprint density at radius 1 is 0.957 bits per heavy atom. The van der Waals surface area contributed by atoms with Crippen LogP contribution in [0.1, 0.15) is 42.3 Å². The van der Waals surface area contributed by atoms with Crippen molar-refractivity contribution in [1.29, 1.82) is 0 Å². The van der Waals surface area contributed by atoms with Crippen LogP contribution in [0.3, 0.4) is 0 Å². The standard InChI is InChI=1S/C20H24O3/c1-15-9-10-17(20(2,3)4)19(13-15)23-12-11-22-18-8-6-5-7-16(18)14-21/h5-10,13-14H,11-12H2,1-4H3. The molecule has 2 aromatic carbocycles. The van der Waals surface area contributed by atoms with Crippen molar-refractivity contribution in [3.05, 3.63) is 59.2 Å². The first-order valence-corrected chi connectivity index (χ1v) is 7.83. The van der Waals surface area contributed by atoms with Crippen molar-refractivity contribution in [2.75, 3.05) is 13.2 Å². The van der Waals surface area contributed by atoms with Crippen LogP contribution in [0.5, 0.6) is 11.5 Å². The summed E-state index contributed by atoms with van der Waals surface area (Å²) < 4.78 is 11.6. The predicted octanol–water partition coefficient (Wildman–Crippen LogP) is 4.56. The molecule has 122 valence electrons. The summed E-state index contributed by atoms with van der Waals surface area (Å²) in [6.45, 7) is 9.38. The summed E-state index contributed by atoms with van der Waals surface area (Å²) in [5.74, 6) is 1.48. The smallest absolute Gasteiger partial charge is 0.153 e. The number of benzene rings is 2. The Hall–Kier alpha value is -2.29. The number of hydrogen-bond donors (Lipinski definition) is 0. The van der Waals surface area contributed by atoms with Crippen LogP contribution in [0.2, 0.25) is 0 Å². The molecule has 2 aromatic rings. The van der Waals surface area contributed by atoms with Crippen LogP contribution in [0.15, 0.2) is 42.5 Å². The molecule has 0 unspecified atom stereocenters. The van der Waals surface area contributed by atoms with E-state index in [0.717, 1.165) is 12.0 Å². The topological polar surface area (TPSA) is 35.5 Å². The second-order valence-electron chi connectivity index (χ2n) is 6.60. The molecule has 0 bridgehead atoms. The van der Waals surface area contributed by atoms with Gasteiger partial charge in [0.1, 0.15) is 24.7 Å². The fourth-order valence-corrected chi connectivity index (χ4v) is 2.38. The van der Waals surface area contributed by atoms with E-state index in [2.05, 4.69) is 45.9 Å². The normalized spacial score (nSPS) is 11.1. The largest absolute Gasteiger partial charge is 0.490 e. The molecule has 0 radical (unpaired) electrons. The van der Waals surface area contributed by atoms with Gasteiger partial charge in [0.25, 0.3) is 0 Å². The summed E-state index contributed by atoms with van der Waals surface area (Å²) in [5.41, 5.74) is 2.92. The van der Waals surface area contributed by atoms with Gasteiger partial charge in [0.05, 0.1) is 5.56 Å². The van der Waals surface area contributed by atoms with Gasteiger partial charge in [-0.1, -0.05) is 45.0 Å². The number of aldehydes is 1. The molecule has 3 heteroatoms. The maximum atomic E-state index is 11.0. The second kappa shape index (κ2) is 7.32. The molecular formula is C20H24O3. The molecule has 23 heavy (non-hydrogen) atoms. The van der Waals surface area contributed by atoms with Crippen molar-refractivity contribution in [1.82, 2.24) is 0 Å².